The predicted octanol–water partition coefficient (Wildman–Crippen LogP) is 4.28. The Morgan fingerprint density at radius 1 is 1.17 bits per heavy atom. The second-order valence-corrected chi connectivity index (χ2v) is 10.6. The van der Waals surface area contributed by atoms with Crippen molar-refractivity contribution in [1.82, 2.24) is 9.80 Å². The number of anilines is 1. The number of amides is 2. The molecule has 35 heavy (non-hydrogen) atoms. The van der Waals surface area contributed by atoms with Gasteiger partial charge >= 0.3 is 17.9 Å². The molecule has 0 spiro atoms. The number of nitro groups is 1. The number of benzene rings is 1. The van der Waals surface area contributed by atoms with Gasteiger partial charge in [-0.2, -0.15) is 4.39 Å². The van der Waals surface area contributed by atoms with Crippen LogP contribution in [0.5, 0.6) is 5.75 Å². The molecular weight excluding hydrogens is 463 g/mol. The summed E-state index contributed by atoms with van der Waals surface area (Å²) in [5.41, 5.74) is -2.63. The fourth-order valence-corrected chi connectivity index (χ4v) is 3.99. The van der Waals surface area contributed by atoms with Crippen molar-refractivity contribution in [3.8, 4) is 5.75 Å². The summed E-state index contributed by atoms with van der Waals surface area (Å²) in [4.78, 5) is 39.1. The molecule has 2 aliphatic heterocycles. The van der Waals surface area contributed by atoms with Crippen LogP contribution in [0.4, 0.5) is 25.4 Å². The van der Waals surface area contributed by atoms with Crippen LogP contribution >= 0.6 is 0 Å². The zero-order valence-corrected chi connectivity index (χ0v) is 21.0. The van der Waals surface area contributed by atoms with E-state index in [4.69, 9.17) is 14.2 Å². The molecule has 2 amide bonds. The molecule has 0 bridgehead atoms. The van der Waals surface area contributed by atoms with Gasteiger partial charge in [-0.15, -0.1) is 0 Å². The van der Waals surface area contributed by atoms with E-state index in [1.165, 1.54) is 6.07 Å². The molecule has 2 heterocycles. The SMILES string of the molecule is CC(C)(C)OC(=O)Nc1cc2c(c(F)c1[N+](=O)[O-])CN1CCN(C(=O)OC(C)(C)C)C[C@H]1CCO2. The molecule has 0 radical (unpaired) electrons. The van der Waals surface area contributed by atoms with Gasteiger partial charge in [-0.1, -0.05) is 0 Å². The molecule has 0 saturated carbocycles. The van der Waals surface area contributed by atoms with Gasteiger partial charge in [0, 0.05) is 38.3 Å². The van der Waals surface area contributed by atoms with Gasteiger partial charge in [0.1, 0.15) is 22.6 Å². The second kappa shape index (κ2) is 9.84. The number of nitrogens with zero attached hydrogens (tertiary/aromatic N) is 3. The van der Waals surface area contributed by atoms with Crippen LogP contribution in [0.3, 0.4) is 0 Å². The topological polar surface area (TPSA) is 123 Å². The van der Waals surface area contributed by atoms with Crippen molar-refractivity contribution in [2.24, 2.45) is 0 Å². The number of halogens is 1. The van der Waals surface area contributed by atoms with Crippen molar-refractivity contribution >= 4 is 23.6 Å². The van der Waals surface area contributed by atoms with Crippen molar-refractivity contribution in [1.29, 1.82) is 0 Å². The number of nitro benzene ring substituents is 1. The number of fused-ring (bicyclic) bond motifs is 2. The van der Waals surface area contributed by atoms with E-state index in [-0.39, 0.29) is 36.2 Å². The van der Waals surface area contributed by atoms with Crippen molar-refractivity contribution in [2.75, 3.05) is 31.6 Å². The van der Waals surface area contributed by atoms with Gasteiger partial charge in [0.15, 0.2) is 0 Å². The summed E-state index contributed by atoms with van der Waals surface area (Å²) in [6, 6.07) is 1.13. The maximum absolute atomic E-state index is 15.5. The number of hydrogen-bond acceptors (Lipinski definition) is 8. The Morgan fingerprint density at radius 3 is 2.43 bits per heavy atom. The predicted molar refractivity (Wildman–Crippen MR) is 125 cm³/mol. The van der Waals surface area contributed by atoms with Crippen molar-refractivity contribution in [3.05, 3.63) is 27.6 Å². The molecule has 194 valence electrons. The molecular formula is C23H33FN4O7. The Hall–Kier alpha value is -3.15. The average molecular weight is 497 g/mol. The maximum atomic E-state index is 15.5. The number of hydrogen-bond donors (Lipinski definition) is 1. The summed E-state index contributed by atoms with van der Waals surface area (Å²) >= 11 is 0. The highest BCUT2D eigenvalue weighted by Crippen LogP contribution is 2.39. The Kier molecular flexibility index (Phi) is 7.44. The molecule has 1 aromatic rings. The largest absolute Gasteiger partial charge is 0.493 e. The van der Waals surface area contributed by atoms with Crippen LogP contribution in [0.1, 0.15) is 53.5 Å². The molecule has 1 saturated heterocycles. The molecule has 3 rings (SSSR count). The standard InChI is InChI=1S/C23H33FN4O7/c1-22(2,3)34-20(29)25-16-11-17-15(18(24)19(16)28(31)32)13-26-8-9-27(12-14(26)7-10-33-17)21(30)35-23(4,5)6/h11,14H,7-10,12-13H2,1-6H3,(H,25,29)/t14-/m1/s1. The number of carbonyl (C=O) groups is 2. The fourth-order valence-electron chi connectivity index (χ4n) is 3.99. The maximum Gasteiger partial charge on any atom is 0.412 e. The zero-order valence-electron chi connectivity index (χ0n) is 21.0. The molecule has 0 aromatic heterocycles. The fraction of sp³-hybridized carbons (Fsp3) is 0.652. The monoisotopic (exact) mass is 496 g/mol. The van der Waals surface area contributed by atoms with Gasteiger partial charge in [-0.3, -0.25) is 20.3 Å². The molecule has 1 aromatic carbocycles. The molecule has 1 fully saturated rings. The summed E-state index contributed by atoms with van der Waals surface area (Å²) in [5.74, 6) is -0.957. The molecule has 12 heteroatoms. The minimum atomic E-state index is -1.08. The third kappa shape index (κ3) is 6.71. The van der Waals surface area contributed by atoms with E-state index >= 15 is 4.39 Å². The van der Waals surface area contributed by atoms with Gasteiger partial charge in [-0.05, 0) is 48.0 Å². The first kappa shape index (κ1) is 26.5. The molecule has 2 aliphatic rings. The van der Waals surface area contributed by atoms with Crippen molar-refractivity contribution in [3.63, 3.8) is 0 Å². The zero-order chi connectivity index (χ0) is 26.1. The van der Waals surface area contributed by atoms with E-state index in [1.54, 1.807) is 46.4 Å². The van der Waals surface area contributed by atoms with E-state index in [0.717, 1.165) is 0 Å². The van der Waals surface area contributed by atoms with Crippen LogP contribution in [0.15, 0.2) is 6.07 Å². The van der Waals surface area contributed by atoms with E-state index in [0.29, 0.717) is 26.1 Å². The minimum Gasteiger partial charge on any atom is -0.493 e. The number of carbonyl (C=O) groups excluding carboxylic acids is 2. The van der Waals surface area contributed by atoms with Gasteiger partial charge < -0.3 is 19.1 Å². The van der Waals surface area contributed by atoms with Crippen LogP contribution in [0.2, 0.25) is 0 Å². The van der Waals surface area contributed by atoms with Crippen LogP contribution in [-0.4, -0.2) is 70.4 Å². The molecule has 11 nitrogen and oxygen atoms in total. The summed E-state index contributed by atoms with van der Waals surface area (Å²) < 4.78 is 31.9. The normalized spacial score (nSPS) is 18.8. The molecule has 0 unspecified atom stereocenters. The Labute approximate surface area is 203 Å². The van der Waals surface area contributed by atoms with Crippen LogP contribution in [0.25, 0.3) is 0 Å². The van der Waals surface area contributed by atoms with Crippen LogP contribution in [0, 0.1) is 15.9 Å². The average Bonchev–Trinajstić information content (AvgIpc) is 2.66. The Bertz CT molecular complexity index is 1000. The van der Waals surface area contributed by atoms with E-state index in [1.807, 2.05) is 4.90 Å². The Balaban J connectivity index is 1.85. The Morgan fingerprint density at radius 2 is 1.83 bits per heavy atom. The number of ether oxygens (including phenoxy) is 3. The summed E-state index contributed by atoms with van der Waals surface area (Å²) in [7, 11) is 0. The lowest BCUT2D eigenvalue weighted by Crippen LogP contribution is -2.55. The first-order chi connectivity index (χ1) is 16.1. The summed E-state index contributed by atoms with van der Waals surface area (Å²) in [6.07, 6.45) is -0.809. The van der Waals surface area contributed by atoms with Crippen molar-refractivity contribution in [2.45, 2.75) is 71.8 Å². The highest BCUT2D eigenvalue weighted by Gasteiger charge is 2.36. The van der Waals surface area contributed by atoms with Crippen LogP contribution in [-0.2, 0) is 16.0 Å². The van der Waals surface area contributed by atoms with Gasteiger partial charge in [0.05, 0.1) is 17.1 Å². The van der Waals surface area contributed by atoms with Crippen molar-refractivity contribution < 1.29 is 33.1 Å². The smallest absolute Gasteiger partial charge is 0.412 e. The number of rotatable bonds is 2. The van der Waals surface area contributed by atoms with E-state index < -0.39 is 39.8 Å². The van der Waals surface area contributed by atoms with E-state index in [2.05, 4.69) is 5.32 Å². The molecule has 1 N–H and O–H groups in total. The van der Waals surface area contributed by atoms with Gasteiger partial charge in [-0.25, -0.2) is 9.59 Å². The third-order valence-corrected chi connectivity index (χ3v) is 5.45. The second-order valence-electron chi connectivity index (χ2n) is 10.6. The summed E-state index contributed by atoms with van der Waals surface area (Å²) in [6.45, 7) is 11.8. The van der Waals surface area contributed by atoms with Crippen LogP contribution < -0.4 is 10.1 Å². The van der Waals surface area contributed by atoms with Gasteiger partial charge in [0.2, 0.25) is 5.82 Å². The minimum absolute atomic E-state index is 0.0295. The lowest BCUT2D eigenvalue weighted by Gasteiger charge is -2.42. The lowest BCUT2D eigenvalue weighted by atomic mass is 10.0. The highest BCUT2D eigenvalue weighted by molar-refractivity contribution is 5.89. The lowest BCUT2D eigenvalue weighted by molar-refractivity contribution is -0.386. The quantitative estimate of drug-likeness (QED) is 0.475. The van der Waals surface area contributed by atoms with Gasteiger partial charge in [0.25, 0.3) is 0 Å². The third-order valence-electron chi connectivity index (χ3n) is 5.45. The number of nitrogens with one attached hydrogen (secondary N) is 1. The first-order valence-electron chi connectivity index (χ1n) is 11.5. The molecule has 0 aliphatic carbocycles. The number of piperazine rings is 1. The first-order valence-corrected chi connectivity index (χ1v) is 11.5. The summed E-state index contributed by atoms with van der Waals surface area (Å²) in [5, 5.41) is 14.0. The molecule has 1 atom stereocenters. The highest BCUT2D eigenvalue weighted by atomic mass is 19.1. The van der Waals surface area contributed by atoms with E-state index in [9.17, 15) is 19.7 Å².